The number of likely N-dealkylation sites (tertiary alicyclic amines) is 1. The number of carbonyl (C=O) groups excluding carboxylic acids is 1. The van der Waals surface area contributed by atoms with Gasteiger partial charge in [-0.3, -0.25) is 9.69 Å². The third-order valence-electron chi connectivity index (χ3n) is 4.91. The van der Waals surface area contributed by atoms with Crippen molar-refractivity contribution in [3.05, 3.63) is 51.9 Å². The number of hydrogen-bond acceptors (Lipinski definition) is 4. The molecular weight excluding hydrogens is 350 g/mol. The van der Waals surface area contributed by atoms with Crippen LogP contribution in [0.1, 0.15) is 66.0 Å². The third kappa shape index (κ3) is 4.10. The predicted octanol–water partition coefficient (Wildman–Crippen LogP) is 4.33. The van der Waals surface area contributed by atoms with Gasteiger partial charge in [-0.15, -0.1) is 0 Å². The minimum absolute atomic E-state index is 0.110. The smallest absolute Gasteiger partial charge is 0.256 e. The second-order valence-electron chi connectivity index (χ2n) is 7.19. The van der Waals surface area contributed by atoms with Crippen LogP contribution in [0.2, 0.25) is 5.02 Å². The van der Waals surface area contributed by atoms with Crippen molar-refractivity contribution in [1.82, 2.24) is 15.4 Å². The molecule has 2 aromatic rings. The van der Waals surface area contributed by atoms with Gasteiger partial charge in [-0.05, 0) is 50.6 Å². The number of aryl methyl sites for hydroxylation is 1. The zero-order valence-electron chi connectivity index (χ0n) is 15.6. The fourth-order valence-corrected chi connectivity index (χ4v) is 3.76. The Kier molecular flexibility index (Phi) is 5.99. The molecule has 1 fully saturated rings. The number of halogens is 1. The van der Waals surface area contributed by atoms with Gasteiger partial charge < -0.3 is 9.84 Å². The van der Waals surface area contributed by atoms with E-state index in [0.717, 1.165) is 23.7 Å². The lowest BCUT2D eigenvalue weighted by Crippen LogP contribution is -2.37. The van der Waals surface area contributed by atoms with E-state index in [2.05, 4.69) is 21.4 Å². The molecule has 140 valence electrons. The van der Waals surface area contributed by atoms with Crippen LogP contribution in [0.25, 0.3) is 0 Å². The lowest BCUT2D eigenvalue weighted by Gasteiger charge is -2.28. The second-order valence-corrected chi connectivity index (χ2v) is 7.62. The van der Waals surface area contributed by atoms with Crippen molar-refractivity contribution in [2.75, 3.05) is 19.6 Å². The first kappa shape index (κ1) is 18.9. The van der Waals surface area contributed by atoms with Gasteiger partial charge in [0.05, 0.1) is 11.7 Å². The molecule has 26 heavy (non-hydrogen) atoms. The molecule has 6 heteroatoms. The van der Waals surface area contributed by atoms with Crippen molar-refractivity contribution in [1.29, 1.82) is 0 Å². The largest absolute Gasteiger partial charge is 0.360 e. The Morgan fingerprint density at radius 3 is 2.73 bits per heavy atom. The molecule has 1 saturated heterocycles. The van der Waals surface area contributed by atoms with Crippen molar-refractivity contribution < 1.29 is 9.32 Å². The van der Waals surface area contributed by atoms with Crippen molar-refractivity contribution >= 4 is 17.5 Å². The standard InChI is InChI=1S/C20H26ClN3O2/c1-13(2)19-18(14(3)23-26-19)20(25)22-12-17(24-9-4-5-10-24)15-7-6-8-16(21)11-15/h6-8,11,13,17H,4-5,9-10,12H2,1-3H3,(H,22,25). The molecule has 2 heterocycles. The number of nitrogens with one attached hydrogen (secondary N) is 1. The summed E-state index contributed by atoms with van der Waals surface area (Å²) in [6, 6.07) is 8.01. The summed E-state index contributed by atoms with van der Waals surface area (Å²) in [5.74, 6) is 0.624. The van der Waals surface area contributed by atoms with Gasteiger partial charge >= 0.3 is 0 Å². The molecule has 1 atom stereocenters. The van der Waals surface area contributed by atoms with Gasteiger partial charge in [0.25, 0.3) is 5.91 Å². The second kappa shape index (κ2) is 8.23. The van der Waals surface area contributed by atoms with E-state index in [4.69, 9.17) is 16.1 Å². The van der Waals surface area contributed by atoms with E-state index in [9.17, 15) is 4.79 Å². The van der Waals surface area contributed by atoms with Gasteiger partial charge in [-0.2, -0.15) is 0 Å². The third-order valence-corrected chi connectivity index (χ3v) is 5.15. The predicted molar refractivity (Wildman–Crippen MR) is 103 cm³/mol. The Hall–Kier alpha value is -1.85. The number of nitrogens with zero attached hydrogens (tertiary/aromatic N) is 2. The summed E-state index contributed by atoms with van der Waals surface area (Å²) < 4.78 is 5.35. The van der Waals surface area contributed by atoms with Gasteiger partial charge in [0.2, 0.25) is 0 Å². The minimum atomic E-state index is -0.126. The first-order valence-electron chi connectivity index (χ1n) is 9.21. The first-order valence-corrected chi connectivity index (χ1v) is 9.59. The number of aromatic nitrogens is 1. The van der Waals surface area contributed by atoms with Gasteiger partial charge in [-0.1, -0.05) is 42.7 Å². The van der Waals surface area contributed by atoms with Crippen LogP contribution in [0.5, 0.6) is 0 Å². The highest BCUT2D eigenvalue weighted by atomic mass is 35.5. The lowest BCUT2D eigenvalue weighted by molar-refractivity contribution is 0.0935. The number of hydrogen-bond donors (Lipinski definition) is 1. The zero-order chi connectivity index (χ0) is 18.7. The molecule has 1 amide bonds. The Morgan fingerprint density at radius 1 is 1.35 bits per heavy atom. The number of amides is 1. The van der Waals surface area contributed by atoms with E-state index in [1.54, 1.807) is 6.92 Å². The highest BCUT2D eigenvalue weighted by molar-refractivity contribution is 6.30. The highest BCUT2D eigenvalue weighted by Gasteiger charge is 2.27. The summed E-state index contributed by atoms with van der Waals surface area (Å²) in [6.45, 7) is 8.40. The van der Waals surface area contributed by atoms with Gasteiger partial charge in [-0.25, -0.2) is 0 Å². The van der Waals surface area contributed by atoms with Gasteiger partial charge in [0.1, 0.15) is 5.56 Å². The molecule has 0 saturated carbocycles. The summed E-state index contributed by atoms with van der Waals surface area (Å²) in [5.41, 5.74) is 2.32. The molecule has 1 unspecified atom stereocenters. The molecule has 1 aromatic carbocycles. The summed E-state index contributed by atoms with van der Waals surface area (Å²) in [4.78, 5) is 15.2. The van der Waals surface area contributed by atoms with Crippen LogP contribution in [-0.4, -0.2) is 35.6 Å². The molecule has 5 nitrogen and oxygen atoms in total. The number of rotatable bonds is 6. The molecule has 1 aliphatic heterocycles. The average molecular weight is 376 g/mol. The van der Waals surface area contributed by atoms with E-state index in [0.29, 0.717) is 23.6 Å². The van der Waals surface area contributed by atoms with Crippen LogP contribution < -0.4 is 5.32 Å². The highest BCUT2D eigenvalue weighted by Crippen LogP contribution is 2.27. The molecule has 1 aromatic heterocycles. The molecule has 3 rings (SSSR count). The molecule has 0 spiro atoms. The summed E-state index contributed by atoms with van der Waals surface area (Å²) in [5, 5.41) is 7.78. The number of benzene rings is 1. The molecule has 0 aliphatic carbocycles. The molecule has 1 aliphatic rings. The van der Waals surface area contributed by atoms with Gasteiger partial charge in [0.15, 0.2) is 5.76 Å². The monoisotopic (exact) mass is 375 g/mol. The average Bonchev–Trinajstić information content (AvgIpc) is 3.25. The Labute approximate surface area is 159 Å². The van der Waals surface area contributed by atoms with Crippen LogP contribution >= 0.6 is 11.6 Å². The minimum Gasteiger partial charge on any atom is -0.360 e. The van der Waals surface area contributed by atoms with Crippen molar-refractivity contribution in [3.8, 4) is 0 Å². The van der Waals surface area contributed by atoms with Crippen LogP contribution in [0.15, 0.2) is 28.8 Å². The van der Waals surface area contributed by atoms with Crippen molar-refractivity contribution in [2.45, 2.75) is 45.6 Å². The van der Waals surface area contributed by atoms with Crippen LogP contribution in [0.4, 0.5) is 0 Å². The normalized spacial score (nSPS) is 16.2. The van der Waals surface area contributed by atoms with E-state index in [1.807, 2.05) is 32.0 Å². The van der Waals surface area contributed by atoms with Crippen molar-refractivity contribution in [2.24, 2.45) is 0 Å². The molecular formula is C20H26ClN3O2. The first-order chi connectivity index (χ1) is 12.5. The summed E-state index contributed by atoms with van der Waals surface area (Å²) in [6.07, 6.45) is 2.38. The molecule has 0 radical (unpaired) electrons. The van der Waals surface area contributed by atoms with Crippen LogP contribution in [0, 0.1) is 6.92 Å². The SMILES string of the molecule is Cc1noc(C(C)C)c1C(=O)NCC(c1cccc(Cl)c1)N1CCCC1. The van der Waals surface area contributed by atoms with E-state index in [-0.39, 0.29) is 17.9 Å². The maximum atomic E-state index is 12.8. The quantitative estimate of drug-likeness (QED) is 0.816. The molecule has 1 N–H and O–H groups in total. The maximum Gasteiger partial charge on any atom is 0.256 e. The van der Waals surface area contributed by atoms with Gasteiger partial charge in [0, 0.05) is 17.5 Å². The van der Waals surface area contributed by atoms with E-state index in [1.165, 1.54) is 12.8 Å². The number of carbonyl (C=O) groups is 1. The molecule has 0 bridgehead atoms. The fraction of sp³-hybridized carbons (Fsp3) is 0.500. The van der Waals surface area contributed by atoms with E-state index >= 15 is 0 Å². The maximum absolute atomic E-state index is 12.8. The van der Waals surface area contributed by atoms with E-state index < -0.39 is 0 Å². The Bertz CT molecular complexity index is 766. The summed E-state index contributed by atoms with van der Waals surface area (Å²) >= 11 is 6.19. The topological polar surface area (TPSA) is 58.4 Å². The van der Waals surface area contributed by atoms with Crippen LogP contribution in [0.3, 0.4) is 0 Å². The Morgan fingerprint density at radius 2 is 2.08 bits per heavy atom. The lowest BCUT2D eigenvalue weighted by atomic mass is 10.0. The zero-order valence-corrected chi connectivity index (χ0v) is 16.3. The summed E-state index contributed by atoms with van der Waals surface area (Å²) in [7, 11) is 0. The van der Waals surface area contributed by atoms with Crippen molar-refractivity contribution in [3.63, 3.8) is 0 Å². The van der Waals surface area contributed by atoms with Crippen LogP contribution in [-0.2, 0) is 0 Å². The fourth-order valence-electron chi connectivity index (χ4n) is 3.56. The Balaban J connectivity index is 1.78.